The van der Waals surface area contributed by atoms with E-state index in [1.807, 2.05) is 0 Å². The summed E-state index contributed by atoms with van der Waals surface area (Å²) in [5.41, 5.74) is 0. The largest absolute Gasteiger partial charge is 0.276 e. The van der Waals surface area contributed by atoms with E-state index in [9.17, 15) is 12.6 Å². The van der Waals surface area contributed by atoms with Crippen molar-refractivity contribution >= 4 is 21.0 Å². The minimum Gasteiger partial charge on any atom is -0.260 e. The molecule has 0 aliphatic heterocycles. The van der Waals surface area contributed by atoms with Crippen LogP contribution in [0.25, 0.3) is 0 Å². The van der Waals surface area contributed by atoms with Gasteiger partial charge in [-0.3, -0.25) is 4.21 Å². The van der Waals surface area contributed by atoms with Gasteiger partial charge in [0.25, 0.3) is 10.2 Å². The molecule has 0 aromatic heterocycles. The highest BCUT2D eigenvalue weighted by Crippen LogP contribution is 1.88. The number of nitrogens with zero attached hydrogens (tertiary/aromatic N) is 1. The van der Waals surface area contributed by atoms with Gasteiger partial charge >= 0.3 is 0 Å². The summed E-state index contributed by atoms with van der Waals surface area (Å²) in [6.45, 7) is 0.196. The monoisotopic (exact) mass is 200 g/mol. The van der Waals surface area contributed by atoms with E-state index in [-0.39, 0.29) is 6.54 Å². The second kappa shape index (κ2) is 4.15. The molecule has 5 nitrogen and oxygen atoms in total. The van der Waals surface area contributed by atoms with E-state index in [0.29, 0.717) is 5.75 Å². The van der Waals surface area contributed by atoms with E-state index >= 15 is 0 Å². The summed E-state index contributed by atoms with van der Waals surface area (Å²) in [6.07, 6.45) is 1.51. The Morgan fingerprint density at radius 1 is 1.55 bits per heavy atom. The Bertz CT molecular complexity index is 236. The number of nitrogens with two attached hydrogens (primary N) is 1. The van der Waals surface area contributed by atoms with Crippen LogP contribution in [0.5, 0.6) is 0 Å². The Kier molecular flexibility index (Phi) is 4.16. The van der Waals surface area contributed by atoms with Gasteiger partial charge in [0.15, 0.2) is 0 Å². The van der Waals surface area contributed by atoms with Gasteiger partial charge < -0.3 is 0 Å². The lowest BCUT2D eigenvalue weighted by Gasteiger charge is -2.11. The molecule has 0 saturated carbocycles. The van der Waals surface area contributed by atoms with Crippen LogP contribution < -0.4 is 5.14 Å². The van der Waals surface area contributed by atoms with Gasteiger partial charge in [-0.15, -0.1) is 0 Å². The fraction of sp³-hybridized carbons (Fsp3) is 1.00. The van der Waals surface area contributed by atoms with Crippen LogP contribution in [0.15, 0.2) is 0 Å². The van der Waals surface area contributed by atoms with E-state index in [4.69, 9.17) is 5.14 Å². The molecule has 0 rings (SSSR count). The van der Waals surface area contributed by atoms with Crippen LogP contribution >= 0.6 is 0 Å². The fourth-order valence-electron chi connectivity index (χ4n) is 0.384. The summed E-state index contributed by atoms with van der Waals surface area (Å²) in [7, 11) is -3.23. The van der Waals surface area contributed by atoms with E-state index in [0.717, 1.165) is 4.31 Å². The van der Waals surface area contributed by atoms with Crippen LogP contribution in [-0.2, 0) is 21.0 Å². The van der Waals surface area contributed by atoms with Crippen molar-refractivity contribution < 1.29 is 12.6 Å². The maximum absolute atomic E-state index is 10.5. The second-order valence-corrected chi connectivity index (χ2v) is 5.35. The average molecular weight is 200 g/mol. The maximum atomic E-state index is 10.5. The lowest BCUT2D eigenvalue weighted by molar-refractivity contribution is 0.489. The molecular formula is C4H12N2O3S2. The maximum Gasteiger partial charge on any atom is 0.276 e. The zero-order valence-electron chi connectivity index (χ0n) is 6.48. The van der Waals surface area contributed by atoms with Crippen molar-refractivity contribution in [2.45, 2.75) is 0 Å². The smallest absolute Gasteiger partial charge is 0.260 e. The molecule has 0 amide bonds. The molecule has 1 unspecified atom stereocenters. The lowest BCUT2D eigenvalue weighted by Crippen LogP contribution is -2.35. The molecule has 7 heteroatoms. The van der Waals surface area contributed by atoms with Gasteiger partial charge in [0.2, 0.25) is 0 Å². The van der Waals surface area contributed by atoms with Crippen LogP contribution in [0.2, 0.25) is 0 Å². The molecule has 0 fully saturated rings. The number of hydrogen-bond acceptors (Lipinski definition) is 3. The Morgan fingerprint density at radius 2 is 2.00 bits per heavy atom. The molecule has 11 heavy (non-hydrogen) atoms. The van der Waals surface area contributed by atoms with E-state index in [1.54, 1.807) is 0 Å². The third kappa shape index (κ3) is 5.31. The summed E-state index contributed by atoms with van der Waals surface area (Å²) >= 11 is 0. The number of hydrogen-bond donors (Lipinski definition) is 1. The summed E-state index contributed by atoms with van der Waals surface area (Å²) in [4.78, 5) is 0. The Balaban J connectivity index is 3.90. The highest BCUT2D eigenvalue weighted by molar-refractivity contribution is 7.87. The highest BCUT2D eigenvalue weighted by atomic mass is 32.2. The Morgan fingerprint density at radius 3 is 2.27 bits per heavy atom. The van der Waals surface area contributed by atoms with Crippen molar-refractivity contribution in [1.82, 2.24) is 4.31 Å². The zero-order chi connectivity index (χ0) is 9.07. The third-order valence-electron chi connectivity index (χ3n) is 1.13. The first-order valence-electron chi connectivity index (χ1n) is 2.88. The Hall–Kier alpha value is 0.0200. The molecule has 0 aromatic carbocycles. The minimum absolute atomic E-state index is 0.196. The van der Waals surface area contributed by atoms with Crippen LogP contribution in [0.3, 0.4) is 0 Å². The summed E-state index contributed by atoms with van der Waals surface area (Å²) in [5.74, 6) is 0.312. The number of rotatable bonds is 4. The molecule has 0 bridgehead atoms. The normalized spacial score (nSPS) is 15.3. The standard InChI is InChI=1S/C4H12N2O3S2/c1-6(11(5,8)9)3-4-10(2)7/h3-4H2,1-2H3,(H2,5,8,9). The van der Waals surface area contributed by atoms with Crippen molar-refractivity contribution in [3.8, 4) is 0 Å². The molecule has 1 atom stereocenters. The van der Waals surface area contributed by atoms with Gasteiger partial charge in [0, 0.05) is 36.4 Å². The predicted octanol–water partition coefficient (Wildman–Crippen LogP) is -1.50. The van der Waals surface area contributed by atoms with Gasteiger partial charge in [-0.1, -0.05) is 0 Å². The predicted molar refractivity (Wildman–Crippen MR) is 44.7 cm³/mol. The van der Waals surface area contributed by atoms with Crippen LogP contribution in [0.1, 0.15) is 0 Å². The molecule has 0 aromatic rings. The first-order chi connectivity index (χ1) is 4.84. The molecule has 0 spiro atoms. The van der Waals surface area contributed by atoms with Gasteiger partial charge in [-0.05, 0) is 0 Å². The van der Waals surface area contributed by atoms with Gasteiger partial charge in [-0.25, -0.2) is 5.14 Å². The van der Waals surface area contributed by atoms with E-state index < -0.39 is 21.0 Å². The topological polar surface area (TPSA) is 80.5 Å². The van der Waals surface area contributed by atoms with Crippen molar-refractivity contribution in [3.63, 3.8) is 0 Å². The molecule has 0 aliphatic rings. The molecule has 0 saturated heterocycles. The van der Waals surface area contributed by atoms with Gasteiger partial charge in [0.1, 0.15) is 0 Å². The van der Waals surface area contributed by atoms with Crippen molar-refractivity contribution in [1.29, 1.82) is 0 Å². The van der Waals surface area contributed by atoms with Crippen molar-refractivity contribution in [2.24, 2.45) is 5.14 Å². The van der Waals surface area contributed by atoms with E-state index in [1.165, 1.54) is 13.3 Å². The zero-order valence-corrected chi connectivity index (χ0v) is 8.11. The molecule has 0 radical (unpaired) electrons. The first-order valence-corrected chi connectivity index (χ1v) is 6.11. The molecular weight excluding hydrogens is 188 g/mol. The van der Waals surface area contributed by atoms with Gasteiger partial charge in [-0.2, -0.15) is 12.7 Å². The molecule has 0 heterocycles. The summed E-state index contributed by atoms with van der Waals surface area (Å²) < 4.78 is 32.6. The molecule has 0 aliphatic carbocycles. The summed E-state index contributed by atoms with van der Waals surface area (Å²) in [5, 5.41) is 4.76. The SMILES string of the molecule is CN(CCS(C)=O)S(N)(=O)=O. The first kappa shape index (κ1) is 11.0. The van der Waals surface area contributed by atoms with E-state index in [2.05, 4.69) is 0 Å². The van der Waals surface area contributed by atoms with Crippen LogP contribution in [-0.4, -0.2) is 42.5 Å². The van der Waals surface area contributed by atoms with Crippen LogP contribution in [0.4, 0.5) is 0 Å². The minimum atomic E-state index is -3.60. The average Bonchev–Trinajstić information content (AvgIpc) is 1.80. The summed E-state index contributed by atoms with van der Waals surface area (Å²) in [6, 6.07) is 0. The lowest BCUT2D eigenvalue weighted by atomic mass is 10.8. The van der Waals surface area contributed by atoms with Crippen molar-refractivity contribution in [3.05, 3.63) is 0 Å². The quantitative estimate of drug-likeness (QED) is 0.599. The molecule has 2 N–H and O–H groups in total. The fourth-order valence-corrected chi connectivity index (χ4v) is 1.38. The second-order valence-electron chi connectivity index (χ2n) is 2.14. The van der Waals surface area contributed by atoms with Gasteiger partial charge in [0.05, 0.1) is 0 Å². The third-order valence-corrected chi connectivity index (χ3v) is 2.94. The Labute approximate surface area is 69.2 Å². The molecule has 68 valence electrons. The highest BCUT2D eigenvalue weighted by Gasteiger charge is 2.10. The van der Waals surface area contributed by atoms with Crippen LogP contribution in [0, 0.1) is 0 Å². The van der Waals surface area contributed by atoms with Crippen molar-refractivity contribution in [2.75, 3.05) is 25.6 Å².